The van der Waals surface area contributed by atoms with Gasteiger partial charge in [0.2, 0.25) is 0 Å². The van der Waals surface area contributed by atoms with Gasteiger partial charge in [-0.05, 0) is 275 Å². The van der Waals surface area contributed by atoms with Crippen molar-refractivity contribution in [3.05, 3.63) is 440 Å². The number of benzene rings is 20. The molecule has 132 heavy (non-hydrogen) atoms. The van der Waals surface area contributed by atoms with Gasteiger partial charge in [-0.25, -0.2) is 44.8 Å². The summed E-state index contributed by atoms with van der Waals surface area (Å²) in [6.07, 6.45) is 0. The second-order valence-corrected chi connectivity index (χ2v) is 33.4. The normalized spacial score (nSPS) is 11.3. The summed E-state index contributed by atoms with van der Waals surface area (Å²) in [6.45, 7) is 30.2. The Hall–Kier alpha value is -16.9. The first-order valence-corrected chi connectivity index (χ1v) is 42.7. The minimum absolute atomic E-state index is 0.0254. The lowest BCUT2D eigenvalue weighted by Crippen LogP contribution is -2.14. The van der Waals surface area contributed by atoms with Crippen LogP contribution in [0.2, 0.25) is 0 Å². The van der Waals surface area contributed by atoms with Crippen molar-refractivity contribution in [1.29, 1.82) is 10.5 Å². The Labute approximate surface area is 757 Å². The molecule has 0 aliphatic rings. The van der Waals surface area contributed by atoms with Crippen LogP contribution in [0.5, 0.6) is 0 Å². The van der Waals surface area contributed by atoms with Crippen LogP contribution in [-0.4, -0.2) is 0 Å². The van der Waals surface area contributed by atoms with Gasteiger partial charge in [0.05, 0.1) is 81.9 Å². The van der Waals surface area contributed by atoms with E-state index in [1.165, 1.54) is 48.5 Å². The molecule has 0 radical (unpaired) electrons. The Morgan fingerprint density at radius 3 is 0.750 bits per heavy atom. The molecule has 0 saturated heterocycles. The van der Waals surface area contributed by atoms with Crippen molar-refractivity contribution < 1.29 is 35.1 Å². The van der Waals surface area contributed by atoms with Crippen molar-refractivity contribution in [2.75, 3.05) is 19.6 Å². The van der Waals surface area contributed by atoms with E-state index in [4.69, 9.17) is 13.1 Å². The molecule has 20 aromatic carbocycles. The molecule has 0 N–H and O–H groups in total. The van der Waals surface area contributed by atoms with Gasteiger partial charge >= 0.3 is 0 Å². The Kier molecular flexibility index (Phi) is 21.8. The number of rotatable bonds is 16. The van der Waals surface area contributed by atoms with E-state index in [0.717, 1.165) is 98.4 Å². The maximum Gasteiger partial charge on any atom is 0.187 e. The fraction of sp³-hybridized carbons (Fsp3) is 0.0690. The number of halogens is 8. The summed E-state index contributed by atoms with van der Waals surface area (Å²) in [6, 6.07) is 94.5. The number of nitrogens with zero attached hydrogens (tertiary/aromatic N) is 8. The first kappa shape index (κ1) is 84.6. The van der Waals surface area contributed by atoms with Gasteiger partial charge in [0.15, 0.2) is 11.4 Å². The molecule has 16 heteroatoms. The molecule has 0 unspecified atom stereocenters. The predicted molar refractivity (Wildman–Crippen MR) is 520 cm³/mol. The molecule has 0 aliphatic carbocycles. The Bertz CT molecular complexity index is 7760. The number of hydrogen-bond donors (Lipinski definition) is 0. The van der Waals surface area contributed by atoms with Crippen molar-refractivity contribution in [2.24, 2.45) is 0 Å². The highest BCUT2D eigenvalue weighted by atomic mass is 19.2. The smallest absolute Gasteiger partial charge is 0.187 e. The lowest BCUT2D eigenvalue weighted by atomic mass is 9.91. The molecule has 0 heterocycles. The van der Waals surface area contributed by atoms with Crippen molar-refractivity contribution in [2.45, 2.75) is 55.4 Å². The molecule has 0 aliphatic heterocycles. The van der Waals surface area contributed by atoms with Crippen molar-refractivity contribution in [3.63, 3.8) is 0 Å². The van der Waals surface area contributed by atoms with Gasteiger partial charge in [-0.15, -0.1) is 0 Å². The van der Waals surface area contributed by atoms with E-state index in [-0.39, 0.29) is 45.0 Å². The maximum absolute atomic E-state index is 16.9. The third-order valence-electron chi connectivity index (χ3n) is 25.2. The molecular weight excluding hydrogens is 1660 g/mol. The van der Waals surface area contributed by atoms with Crippen LogP contribution >= 0.6 is 0 Å². The van der Waals surface area contributed by atoms with Crippen LogP contribution in [0.1, 0.15) is 55.6 Å². The fourth-order valence-electron chi connectivity index (χ4n) is 18.8. The van der Waals surface area contributed by atoms with E-state index in [1.54, 1.807) is 117 Å². The second-order valence-electron chi connectivity index (χ2n) is 33.4. The molecule has 0 amide bonds. The molecule has 0 fully saturated rings. The van der Waals surface area contributed by atoms with Crippen LogP contribution in [0.25, 0.3) is 119 Å². The van der Waals surface area contributed by atoms with Crippen LogP contribution in [0.3, 0.4) is 0 Å². The molecule has 20 aromatic rings. The largest absolute Gasteiger partial charge is 0.307 e. The highest BCUT2D eigenvalue weighted by molar-refractivity contribution is 6.30. The van der Waals surface area contributed by atoms with E-state index >= 15 is 35.1 Å². The second kappa shape index (κ2) is 34.0. The molecule has 20 rings (SSSR count). The van der Waals surface area contributed by atoms with E-state index in [9.17, 15) is 10.5 Å². The average molecular weight is 1730 g/mol. The Morgan fingerprint density at radius 1 is 0.235 bits per heavy atom. The molecule has 0 bridgehead atoms. The highest BCUT2D eigenvalue weighted by Crippen LogP contribution is 2.54. The molecular formula is C116H76F8N8. The van der Waals surface area contributed by atoms with Gasteiger partial charge in [0.1, 0.15) is 46.5 Å². The minimum atomic E-state index is -0.651. The number of anilines is 12. The summed E-state index contributed by atoms with van der Waals surface area (Å²) in [7, 11) is 0. The Balaban J connectivity index is 0.000000170. The molecule has 636 valence electrons. The van der Waals surface area contributed by atoms with Crippen LogP contribution in [0, 0.1) is 138 Å². The zero-order chi connectivity index (χ0) is 91.9. The summed E-state index contributed by atoms with van der Waals surface area (Å²) in [5, 5.41) is 28.9. The highest BCUT2D eigenvalue weighted by Gasteiger charge is 2.32. The molecule has 0 spiro atoms. The third-order valence-corrected chi connectivity index (χ3v) is 25.2. The summed E-state index contributed by atoms with van der Waals surface area (Å²) in [4.78, 5) is 13.8. The van der Waals surface area contributed by atoms with Gasteiger partial charge in [0.25, 0.3) is 0 Å². The topological polar surface area (TPSA) is 69.3 Å². The summed E-state index contributed by atoms with van der Waals surface area (Å²) in [5.41, 5.74) is 15.4. The zero-order valence-corrected chi connectivity index (χ0v) is 72.6. The summed E-state index contributed by atoms with van der Waals surface area (Å²) < 4.78 is 134. The first-order chi connectivity index (χ1) is 63.9. The van der Waals surface area contributed by atoms with E-state index in [1.807, 2.05) is 225 Å². The standard InChI is InChI=1S/2C58H38F4N4/c1-33-6-8-35(3)45(26-33)47-28-51(61)55(30-49(47)59)65(41-18-10-37(32-63)11-19-41)53-24-14-38-13-23-44-54(25-15-39-12-22-43(53)57(38)58(39)44)66(42-20-16-40(64-5)17-21-42)56-31-50(60)48(29-52(56)62)46-27-34(2)7-9-36(46)4;1-33-8-6-9-34(2)55(33)45-28-49(61)53(30-47(45)59)65(41-20-12-37(32-63)13-21-41)51-26-16-38-15-25-44-52(27-17-39-14-24-43(51)57(38)58(39)44)66(42-22-18-40(64-5)19-23-42)54-31-48(60)46(29-50(54)62)56-35(3)10-7-11-36(56)4/h2*6-31H,1-4H3. The Morgan fingerprint density at radius 2 is 0.485 bits per heavy atom. The van der Waals surface area contributed by atoms with Crippen molar-refractivity contribution >= 4 is 144 Å². The molecule has 8 nitrogen and oxygen atoms in total. The lowest BCUT2D eigenvalue weighted by molar-refractivity contribution is 0.604. The van der Waals surface area contributed by atoms with Gasteiger partial charge in [-0.2, -0.15) is 10.5 Å². The van der Waals surface area contributed by atoms with E-state index < -0.39 is 46.5 Å². The first-order valence-electron chi connectivity index (χ1n) is 42.7. The maximum atomic E-state index is 16.9. The predicted octanol–water partition coefficient (Wildman–Crippen LogP) is 34.1. The fourth-order valence-corrected chi connectivity index (χ4v) is 18.8. The quantitative estimate of drug-likeness (QED) is 0.0545. The molecule has 0 atom stereocenters. The lowest BCUT2D eigenvalue weighted by Gasteiger charge is -2.30. The van der Waals surface area contributed by atoms with Crippen LogP contribution in [-0.2, 0) is 0 Å². The van der Waals surface area contributed by atoms with Gasteiger partial charge in [-0.3, -0.25) is 0 Å². The third kappa shape index (κ3) is 14.9. The summed E-state index contributed by atoms with van der Waals surface area (Å²) >= 11 is 0. The number of aryl methyl sites for hydroxylation is 8. The van der Waals surface area contributed by atoms with Crippen LogP contribution < -0.4 is 19.6 Å². The van der Waals surface area contributed by atoms with E-state index in [0.29, 0.717) is 101 Å². The number of nitriles is 2. The molecule has 0 aromatic heterocycles. The van der Waals surface area contributed by atoms with Gasteiger partial charge in [-0.1, -0.05) is 181 Å². The van der Waals surface area contributed by atoms with Crippen molar-refractivity contribution in [1.82, 2.24) is 0 Å². The summed E-state index contributed by atoms with van der Waals surface area (Å²) in [5.74, 6) is -4.98. The van der Waals surface area contributed by atoms with Crippen molar-refractivity contribution in [3.8, 4) is 56.6 Å². The molecule has 0 saturated carbocycles. The van der Waals surface area contributed by atoms with E-state index in [2.05, 4.69) is 21.8 Å². The number of hydrogen-bond acceptors (Lipinski definition) is 6. The SMILES string of the molecule is [C-]#[N+]c1ccc(N(c2cc(F)c(-c3c(C)cccc3C)cc2F)c2ccc3ccc4c(N(c5ccc(C#N)cc5)c5cc(F)c(-c6c(C)cccc6C)cc5F)ccc5ccc2c3c54)cc1.[C-]#[N+]c1ccc(N(c2cc(F)c(-c3cc(C)ccc3C)cc2F)c2ccc3ccc4c(N(c5ccc(C#N)cc5)c5cc(F)c(-c6cc(C)ccc6C)cc5F)ccc5ccc2c3c54)cc1. The van der Waals surface area contributed by atoms with Gasteiger partial charge < -0.3 is 19.6 Å². The zero-order valence-electron chi connectivity index (χ0n) is 72.6. The van der Waals surface area contributed by atoms with Crippen LogP contribution in [0.15, 0.2) is 315 Å². The average Bonchev–Trinajstić information content (AvgIpc) is 0.718. The van der Waals surface area contributed by atoms with Gasteiger partial charge in [0, 0.05) is 90.8 Å². The minimum Gasteiger partial charge on any atom is -0.307 e. The monoisotopic (exact) mass is 1730 g/mol. The van der Waals surface area contributed by atoms with Crippen LogP contribution in [0.4, 0.5) is 115 Å².